The van der Waals surface area contributed by atoms with Crippen molar-refractivity contribution in [3.63, 3.8) is 0 Å². The van der Waals surface area contributed by atoms with E-state index in [1.165, 1.54) is 0 Å². The molecule has 0 bridgehead atoms. The van der Waals surface area contributed by atoms with Crippen LogP contribution in [0.15, 0.2) is 24.3 Å². The van der Waals surface area contributed by atoms with Gasteiger partial charge in [0.25, 0.3) is 0 Å². The summed E-state index contributed by atoms with van der Waals surface area (Å²) in [4.78, 5) is 23.6. The minimum atomic E-state index is -0.391. The quantitative estimate of drug-likeness (QED) is 0.332. The number of aryl methyl sites for hydroxylation is 1. The number of esters is 1. The summed E-state index contributed by atoms with van der Waals surface area (Å²) in [6, 6.07) is 7.63. The van der Waals surface area contributed by atoms with E-state index < -0.39 is 5.91 Å². The van der Waals surface area contributed by atoms with Crippen LogP contribution in [0.1, 0.15) is 63.5 Å². The van der Waals surface area contributed by atoms with Crippen molar-refractivity contribution in [2.24, 2.45) is 5.92 Å². The van der Waals surface area contributed by atoms with Crippen LogP contribution in [0.25, 0.3) is 0 Å². The number of hydrogen-bond acceptors (Lipinski definition) is 5. The van der Waals surface area contributed by atoms with Gasteiger partial charge in [-0.1, -0.05) is 38.1 Å². The van der Waals surface area contributed by atoms with E-state index in [2.05, 4.69) is 19.2 Å². The lowest BCUT2D eigenvalue weighted by Gasteiger charge is -2.22. The van der Waals surface area contributed by atoms with Crippen LogP contribution in [0, 0.1) is 5.92 Å². The molecule has 6 nitrogen and oxygen atoms in total. The number of ether oxygens (including phenoxy) is 1. The van der Waals surface area contributed by atoms with Crippen LogP contribution in [-0.4, -0.2) is 29.2 Å². The molecule has 0 spiro atoms. The lowest BCUT2D eigenvalue weighted by atomic mass is 10.0. The van der Waals surface area contributed by atoms with Crippen LogP contribution in [-0.2, 0) is 27.3 Å². The van der Waals surface area contributed by atoms with Crippen molar-refractivity contribution in [3.8, 4) is 0 Å². The predicted molar refractivity (Wildman–Crippen MR) is 103 cm³/mol. The molecule has 0 aromatic heterocycles. The van der Waals surface area contributed by atoms with Crippen molar-refractivity contribution in [3.05, 3.63) is 35.4 Å². The largest absolute Gasteiger partial charge is 0.461 e. The maximum atomic E-state index is 12.5. The summed E-state index contributed by atoms with van der Waals surface area (Å²) in [6.07, 6.45) is 5.91. The van der Waals surface area contributed by atoms with Gasteiger partial charge in [-0.05, 0) is 55.6 Å². The van der Waals surface area contributed by atoms with Crippen LogP contribution in [0.3, 0.4) is 0 Å². The van der Waals surface area contributed by atoms with Crippen LogP contribution < -0.4 is 10.8 Å². The summed E-state index contributed by atoms with van der Waals surface area (Å²) in [5.74, 6) is -0.126. The number of hydrogen-bond donors (Lipinski definition) is 3. The van der Waals surface area contributed by atoms with Gasteiger partial charge in [0.2, 0.25) is 5.91 Å². The van der Waals surface area contributed by atoms with Gasteiger partial charge in [0.1, 0.15) is 12.1 Å². The summed E-state index contributed by atoms with van der Waals surface area (Å²) in [6.45, 7) is 4.80. The molecule has 27 heavy (non-hydrogen) atoms. The summed E-state index contributed by atoms with van der Waals surface area (Å²) >= 11 is 0. The molecule has 1 amide bonds. The van der Waals surface area contributed by atoms with E-state index in [1.807, 2.05) is 24.3 Å². The number of carbonyl (C=O) groups excluding carboxylic acids is 2. The molecule has 6 heteroatoms. The molecular formula is C21H32N2O4. The number of carbonyl (C=O) groups is 2. The smallest absolute Gasteiger partial charge is 0.323 e. The molecule has 1 aromatic carbocycles. The van der Waals surface area contributed by atoms with Crippen molar-refractivity contribution >= 4 is 11.9 Å². The molecule has 1 aliphatic rings. The van der Waals surface area contributed by atoms with Crippen LogP contribution >= 0.6 is 0 Å². The van der Waals surface area contributed by atoms with Gasteiger partial charge in [0.05, 0.1) is 0 Å². The Morgan fingerprint density at radius 2 is 1.78 bits per heavy atom. The second-order valence-electron chi connectivity index (χ2n) is 7.76. The third-order valence-corrected chi connectivity index (χ3v) is 4.92. The monoisotopic (exact) mass is 376 g/mol. The Morgan fingerprint density at radius 3 is 2.37 bits per heavy atom. The average molecular weight is 376 g/mol. The van der Waals surface area contributed by atoms with Crippen LogP contribution in [0.2, 0.25) is 0 Å². The first kappa shape index (κ1) is 21.4. The third-order valence-electron chi connectivity index (χ3n) is 4.92. The lowest BCUT2D eigenvalue weighted by Crippen LogP contribution is -2.40. The Kier molecular flexibility index (Phi) is 8.75. The van der Waals surface area contributed by atoms with Gasteiger partial charge >= 0.3 is 5.97 Å². The van der Waals surface area contributed by atoms with E-state index in [4.69, 9.17) is 9.94 Å². The standard InChI is InChI=1S/C21H32N2O4/c1-15(2)13-19(21(25)27-18-5-3-4-6-18)22-14-17-9-7-16(8-10-17)11-12-20(24)23-26/h7-10,15,18-19,22,26H,3-6,11-14H2,1-2H3,(H,23,24)/t19-/m1/s1. The van der Waals surface area contributed by atoms with Crippen LogP contribution in [0.5, 0.6) is 0 Å². The number of benzene rings is 1. The fraction of sp³-hybridized carbons (Fsp3) is 0.619. The molecular weight excluding hydrogens is 344 g/mol. The average Bonchev–Trinajstić information content (AvgIpc) is 3.16. The molecule has 0 heterocycles. The van der Waals surface area contributed by atoms with Crippen molar-refractivity contribution in [2.75, 3.05) is 0 Å². The number of hydroxylamine groups is 1. The van der Waals surface area contributed by atoms with E-state index >= 15 is 0 Å². The number of amides is 1. The first-order valence-electron chi connectivity index (χ1n) is 9.92. The summed E-state index contributed by atoms with van der Waals surface area (Å²) in [5.41, 5.74) is 3.74. The minimum Gasteiger partial charge on any atom is -0.461 e. The summed E-state index contributed by atoms with van der Waals surface area (Å²) in [5, 5.41) is 11.9. The third kappa shape index (κ3) is 7.69. The Hall–Kier alpha value is -1.92. The second-order valence-corrected chi connectivity index (χ2v) is 7.76. The Balaban J connectivity index is 1.85. The highest BCUT2D eigenvalue weighted by Crippen LogP contribution is 2.22. The topological polar surface area (TPSA) is 87.7 Å². The zero-order valence-electron chi connectivity index (χ0n) is 16.4. The van der Waals surface area contributed by atoms with Crippen LogP contribution in [0.4, 0.5) is 0 Å². The Bertz CT molecular complexity index is 595. The second kappa shape index (κ2) is 11.0. The molecule has 150 valence electrons. The van der Waals surface area contributed by atoms with E-state index in [1.54, 1.807) is 5.48 Å². The fourth-order valence-corrected chi connectivity index (χ4v) is 3.37. The Morgan fingerprint density at radius 1 is 1.15 bits per heavy atom. The molecule has 0 unspecified atom stereocenters. The highest BCUT2D eigenvalue weighted by Gasteiger charge is 2.25. The molecule has 1 aromatic rings. The SMILES string of the molecule is CC(C)C[C@@H](NCc1ccc(CCC(=O)NO)cc1)C(=O)OC1CCCC1. The van der Waals surface area contributed by atoms with Gasteiger partial charge in [-0.2, -0.15) is 0 Å². The van der Waals surface area contributed by atoms with E-state index in [-0.39, 0.29) is 24.5 Å². The van der Waals surface area contributed by atoms with Gasteiger partial charge in [-0.25, -0.2) is 5.48 Å². The number of nitrogens with one attached hydrogen (secondary N) is 2. The van der Waals surface area contributed by atoms with Crippen molar-refractivity contribution in [1.82, 2.24) is 10.8 Å². The number of rotatable bonds is 10. The molecule has 1 aliphatic carbocycles. The predicted octanol–water partition coefficient (Wildman–Crippen LogP) is 3.11. The van der Waals surface area contributed by atoms with Crippen molar-refractivity contribution in [1.29, 1.82) is 0 Å². The maximum absolute atomic E-state index is 12.5. The molecule has 0 aliphatic heterocycles. The van der Waals surface area contributed by atoms with Crippen molar-refractivity contribution < 1.29 is 19.5 Å². The molecule has 1 atom stereocenters. The lowest BCUT2D eigenvalue weighted by molar-refractivity contribution is -0.151. The summed E-state index contributed by atoms with van der Waals surface area (Å²) in [7, 11) is 0. The fourth-order valence-electron chi connectivity index (χ4n) is 3.37. The Labute approximate surface area is 161 Å². The zero-order chi connectivity index (χ0) is 19.6. The molecule has 2 rings (SSSR count). The van der Waals surface area contributed by atoms with Gasteiger partial charge in [-0.3, -0.25) is 14.8 Å². The van der Waals surface area contributed by atoms with Gasteiger partial charge in [0, 0.05) is 13.0 Å². The molecule has 0 saturated heterocycles. The highest BCUT2D eigenvalue weighted by atomic mass is 16.5. The zero-order valence-corrected chi connectivity index (χ0v) is 16.4. The normalized spacial score (nSPS) is 15.7. The summed E-state index contributed by atoms with van der Waals surface area (Å²) < 4.78 is 5.69. The molecule has 0 radical (unpaired) electrons. The minimum absolute atomic E-state index is 0.0874. The molecule has 1 saturated carbocycles. The van der Waals surface area contributed by atoms with Gasteiger partial charge < -0.3 is 10.1 Å². The highest BCUT2D eigenvalue weighted by molar-refractivity contribution is 5.76. The first-order valence-corrected chi connectivity index (χ1v) is 9.92. The van der Waals surface area contributed by atoms with Gasteiger partial charge in [-0.15, -0.1) is 0 Å². The maximum Gasteiger partial charge on any atom is 0.323 e. The van der Waals surface area contributed by atoms with E-state index in [9.17, 15) is 9.59 Å². The molecule has 3 N–H and O–H groups in total. The van der Waals surface area contributed by atoms with E-state index in [0.717, 1.165) is 43.2 Å². The van der Waals surface area contributed by atoms with E-state index in [0.29, 0.717) is 18.9 Å². The van der Waals surface area contributed by atoms with Gasteiger partial charge in [0.15, 0.2) is 0 Å². The first-order chi connectivity index (χ1) is 13.0. The molecule has 1 fully saturated rings. The van der Waals surface area contributed by atoms with Crippen molar-refractivity contribution in [2.45, 2.75) is 77.5 Å².